The monoisotopic (exact) mass is 374 g/mol. The Morgan fingerprint density at radius 3 is 2.56 bits per heavy atom. The second-order valence-electron chi connectivity index (χ2n) is 6.14. The SMILES string of the molecule is CCOC(Cc1ccc(OCCn2c(CC)nc(C)cc2=O)cc1)C(=O)O. The molecular weight excluding hydrogens is 348 g/mol. The Bertz CT molecular complexity index is 814. The van der Waals surface area contributed by atoms with Gasteiger partial charge in [-0.2, -0.15) is 0 Å². The molecule has 2 rings (SSSR count). The largest absolute Gasteiger partial charge is 0.492 e. The molecule has 1 unspecified atom stereocenters. The molecule has 27 heavy (non-hydrogen) atoms. The molecule has 0 radical (unpaired) electrons. The van der Waals surface area contributed by atoms with E-state index in [1.165, 1.54) is 6.07 Å². The van der Waals surface area contributed by atoms with Crippen molar-refractivity contribution in [1.29, 1.82) is 0 Å². The van der Waals surface area contributed by atoms with Crippen molar-refractivity contribution in [3.63, 3.8) is 0 Å². The summed E-state index contributed by atoms with van der Waals surface area (Å²) >= 11 is 0. The molecule has 0 saturated heterocycles. The van der Waals surface area contributed by atoms with E-state index in [1.807, 2.05) is 26.0 Å². The van der Waals surface area contributed by atoms with E-state index in [2.05, 4.69) is 4.98 Å². The van der Waals surface area contributed by atoms with Crippen molar-refractivity contribution in [3.8, 4) is 5.75 Å². The normalized spacial score (nSPS) is 12.0. The van der Waals surface area contributed by atoms with Crippen molar-refractivity contribution in [2.45, 2.75) is 46.3 Å². The van der Waals surface area contributed by atoms with Crippen LogP contribution in [0.4, 0.5) is 0 Å². The van der Waals surface area contributed by atoms with Crippen LogP contribution in [-0.4, -0.2) is 39.9 Å². The van der Waals surface area contributed by atoms with Crippen LogP contribution in [0.25, 0.3) is 0 Å². The minimum Gasteiger partial charge on any atom is -0.492 e. The maximum atomic E-state index is 12.1. The first-order valence-corrected chi connectivity index (χ1v) is 9.08. The average molecular weight is 374 g/mol. The molecule has 0 aliphatic rings. The summed E-state index contributed by atoms with van der Waals surface area (Å²) < 4.78 is 12.6. The van der Waals surface area contributed by atoms with Crippen molar-refractivity contribution in [2.24, 2.45) is 0 Å². The Morgan fingerprint density at radius 1 is 1.26 bits per heavy atom. The summed E-state index contributed by atoms with van der Waals surface area (Å²) in [6.07, 6.45) is 0.124. The molecule has 7 heteroatoms. The van der Waals surface area contributed by atoms with Crippen molar-refractivity contribution in [1.82, 2.24) is 9.55 Å². The van der Waals surface area contributed by atoms with Crippen molar-refractivity contribution >= 4 is 5.97 Å². The summed E-state index contributed by atoms with van der Waals surface area (Å²) in [6.45, 7) is 6.65. The van der Waals surface area contributed by atoms with Crippen LogP contribution in [0.5, 0.6) is 5.75 Å². The number of ether oxygens (including phenoxy) is 2. The molecule has 0 aliphatic heterocycles. The zero-order valence-corrected chi connectivity index (χ0v) is 16.0. The zero-order chi connectivity index (χ0) is 19.8. The Morgan fingerprint density at radius 2 is 1.96 bits per heavy atom. The lowest BCUT2D eigenvalue weighted by molar-refractivity contribution is -0.149. The minimum absolute atomic E-state index is 0.0751. The smallest absolute Gasteiger partial charge is 0.333 e. The van der Waals surface area contributed by atoms with Crippen LogP contribution in [0, 0.1) is 6.92 Å². The predicted octanol–water partition coefficient (Wildman–Crippen LogP) is 2.23. The lowest BCUT2D eigenvalue weighted by atomic mass is 10.1. The van der Waals surface area contributed by atoms with Crippen LogP contribution >= 0.6 is 0 Å². The van der Waals surface area contributed by atoms with E-state index in [0.29, 0.717) is 38.3 Å². The summed E-state index contributed by atoms with van der Waals surface area (Å²) in [7, 11) is 0. The first kappa shape index (κ1) is 20.6. The number of nitrogens with zero attached hydrogens (tertiary/aromatic N) is 2. The fraction of sp³-hybridized carbons (Fsp3) is 0.450. The van der Waals surface area contributed by atoms with Crippen LogP contribution in [0.1, 0.15) is 30.9 Å². The maximum absolute atomic E-state index is 12.1. The van der Waals surface area contributed by atoms with Gasteiger partial charge >= 0.3 is 5.97 Å². The molecule has 2 aromatic rings. The van der Waals surface area contributed by atoms with Crippen LogP contribution in [0.2, 0.25) is 0 Å². The van der Waals surface area contributed by atoms with Gasteiger partial charge in [-0.1, -0.05) is 19.1 Å². The molecule has 7 nitrogen and oxygen atoms in total. The molecule has 1 heterocycles. The van der Waals surface area contributed by atoms with Gasteiger partial charge in [0.25, 0.3) is 5.56 Å². The lowest BCUT2D eigenvalue weighted by Gasteiger charge is -2.14. The molecule has 0 spiro atoms. The number of rotatable bonds is 10. The summed E-state index contributed by atoms with van der Waals surface area (Å²) in [4.78, 5) is 27.7. The third-order valence-corrected chi connectivity index (χ3v) is 4.10. The topological polar surface area (TPSA) is 90.7 Å². The maximum Gasteiger partial charge on any atom is 0.333 e. The number of carboxylic acid groups (broad SMARTS) is 1. The summed E-state index contributed by atoms with van der Waals surface area (Å²) in [5, 5.41) is 9.14. The molecule has 0 aliphatic carbocycles. The third-order valence-electron chi connectivity index (χ3n) is 4.10. The zero-order valence-electron chi connectivity index (χ0n) is 16.0. The molecule has 1 aromatic heterocycles. The van der Waals surface area contributed by atoms with Gasteiger partial charge < -0.3 is 14.6 Å². The van der Waals surface area contributed by atoms with E-state index < -0.39 is 12.1 Å². The Hall–Kier alpha value is -2.67. The number of benzene rings is 1. The second kappa shape index (κ2) is 9.87. The number of aromatic nitrogens is 2. The summed E-state index contributed by atoms with van der Waals surface area (Å²) in [6, 6.07) is 8.74. The van der Waals surface area contributed by atoms with Gasteiger partial charge in [-0.15, -0.1) is 0 Å². The van der Waals surface area contributed by atoms with Gasteiger partial charge in [0.2, 0.25) is 0 Å². The minimum atomic E-state index is -0.971. The molecule has 1 aromatic carbocycles. The highest BCUT2D eigenvalue weighted by atomic mass is 16.5. The van der Waals surface area contributed by atoms with Gasteiger partial charge in [0, 0.05) is 31.2 Å². The predicted molar refractivity (Wildman–Crippen MR) is 101 cm³/mol. The van der Waals surface area contributed by atoms with Crippen LogP contribution < -0.4 is 10.3 Å². The highest BCUT2D eigenvalue weighted by Gasteiger charge is 2.17. The van der Waals surface area contributed by atoms with Crippen LogP contribution in [-0.2, 0) is 28.9 Å². The number of aliphatic carboxylic acids is 1. The van der Waals surface area contributed by atoms with Crippen molar-refractivity contribution < 1.29 is 19.4 Å². The fourth-order valence-electron chi connectivity index (χ4n) is 2.80. The number of hydrogen-bond acceptors (Lipinski definition) is 5. The first-order chi connectivity index (χ1) is 12.9. The molecule has 0 amide bonds. The molecule has 0 saturated carbocycles. The quantitative estimate of drug-likeness (QED) is 0.686. The Labute approximate surface area is 158 Å². The van der Waals surface area contributed by atoms with E-state index >= 15 is 0 Å². The highest BCUT2D eigenvalue weighted by Crippen LogP contribution is 2.14. The average Bonchev–Trinajstić information content (AvgIpc) is 2.63. The standard InChI is InChI=1S/C20H26N2O5/c1-4-18-21-14(3)12-19(23)22(18)10-11-27-16-8-6-15(7-9-16)13-17(20(24)25)26-5-2/h6-9,12,17H,4-5,10-11,13H2,1-3H3,(H,24,25). The van der Waals surface area contributed by atoms with E-state index in [4.69, 9.17) is 14.6 Å². The van der Waals surface area contributed by atoms with Crippen molar-refractivity contribution in [3.05, 3.63) is 57.8 Å². The van der Waals surface area contributed by atoms with Gasteiger partial charge in [-0.25, -0.2) is 9.78 Å². The van der Waals surface area contributed by atoms with Crippen LogP contribution in [0.15, 0.2) is 35.1 Å². The summed E-state index contributed by atoms with van der Waals surface area (Å²) in [5.41, 5.74) is 1.50. The molecular formula is C20H26N2O5. The molecule has 1 N–H and O–H groups in total. The van der Waals surface area contributed by atoms with E-state index in [-0.39, 0.29) is 5.56 Å². The van der Waals surface area contributed by atoms with Gasteiger partial charge in [-0.05, 0) is 31.5 Å². The second-order valence-corrected chi connectivity index (χ2v) is 6.14. The molecule has 146 valence electrons. The highest BCUT2D eigenvalue weighted by molar-refractivity contribution is 5.72. The Balaban J connectivity index is 1.94. The van der Waals surface area contributed by atoms with E-state index in [0.717, 1.165) is 17.1 Å². The van der Waals surface area contributed by atoms with Gasteiger partial charge in [-0.3, -0.25) is 9.36 Å². The van der Waals surface area contributed by atoms with Crippen molar-refractivity contribution in [2.75, 3.05) is 13.2 Å². The lowest BCUT2D eigenvalue weighted by Crippen LogP contribution is -2.27. The van der Waals surface area contributed by atoms with Crippen LogP contribution in [0.3, 0.4) is 0 Å². The number of aryl methyl sites for hydroxylation is 2. The fourth-order valence-corrected chi connectivity index (χ4v) is 2.80. The van der Waals surface area contributed by atoms with Gasteiger partial charge in [0.1, 0.15) is 18.2 Å². The van der Waals surface area contributed by atoms with Gasteiger partial charge in [0.05, 0.1) is 6.54 Å². The molecule has 0 fully saturated rings. The summed E-state index contributed by atoms with van der Waals surface area (Å²) in [5.74, 6) is 0.434. The number of carboxylic acids is 1. The third kappa shape index (κ3) is 5.92. The first-order valence-electron chi connectivity index (χ1n) is 9.08. The van der Waals surface area contributed by atoms with E-state index in [9.17, 15) is 9.59 Å². The van der Waals surface area contributed by atoms with E-state index in [1.54, 1.807) is 23.6 Å². The molecule has 1 atom stereocenters. The Kier molecular flexibility index (Phi) is 7.55. The molecule has 0 bridgehead atoms. The number of carbonyl (C=O) groups is 1. The van der Waals surface area contributed by atoms with Gasteiger partial charge in [0.15, 0.2) is 6.10 Å². The number of hydrogen-bond donors (Lipinski definition) is 1.